The summed E-state index contributed by atoms with van der Waals surface area (Å²) in [7, 11) is 1.79. The Morgan fingerprint density at radius 1 is 1.53 bits per heavy atom. The number of hydrogen-bond acceptors (Lipinski definition) is 3. The van der Waals surface area contributed by atoms with Gasteiger partial charge in [0.05, 0.1) is 6.10 Å². The van der Waals surface area contributed by atoms with E-state index < -0.39 is 0 Å². The molecule has 0 saturated carbocycles. The standard InChI is InChI=1S/C12H23NO2/c1-10-6-8-13(9-12(10)15-3)7-4-5-11(2)14/h10,12H,4-9H2,1-3H3. The second kappa shape index (κ2) is 6.23. The summed E-state index contributed by atoms with van der Waals surface area (Å²) in [6, 6.07) is 0. The van der Waals surface area contributed by atoms with E-state index in [-0.39, 0.29) is 0 Å². The van der Waals surface area contributed by atoms with Crippen molar-refractivity contribution in [3.05, 3.63) is 0 Å². The average molecular weight is 213 g/mol. The quantitative estimate of drug-likeness (QED) is 0.696. The molecular weight excluding hydrogens is 190 g/mol. The van der Waals surface area contributed by atoms with Gasteiger partial charge in [-0.05, 0) is 38.8 Å². The number of piperidine rings is 1. The van der Waals surface area contributed by atoms with E-state index in [2.05, 4.69) is 11.8 Å². The van der Waals surface area contributed by atoms with Gasteiger partial charge in [0.25, 0.3) is 0 Å². The summed E-state index contributed by atoms with van der Waals surface area (Å²) in [6.45, 7) is 7.12. The molecule has 0 radical (unpaired) electrons. The Bertz CT molecular complexity index is 206. The van der Waals surface area contributed by atoms with Crippen LogP contribution in [0.2, 0.25) is 0 Å². The van der Waals surface area contributed by atoms with Crippen molar-refractivity contribution in [2.24, 2.45) is 5.92 Å². The fourth-order valence-corrected chi connectivity index (χ4v) is 2.16. The molecule has 88 valence electrons. The molecule has 2 atom stereocenters. The predicted octanol–water partition coefficient (Wildman–Crippen LogP) is 1.71. The van der Waals surface area contributed by atoms with Crippen molar-refractivity contribution in [2.45, 2.75) is 39.2 Å². The fourth-order valence-electron chi connectivity index (χ4n) is 2.16. The van der Waals surface area contributed by atoms with Crippen LogP contribution in [-0.2, 0) is 9.53 Å². The van der Waals surface area contributed by atoms with Gasteiger partial charge in [0.1, 0.15) is 5.78 Å². The van der Waals surface area contributed by atoms with Gasteiger partial charge in [0.2, 0.25) is 0 Å². The van der Waals surface area contributed by atoms with Gasteiger partial charge in [0, 0.05) is 20.1 Å². The number of likely N-dealkylation sites (tertiary alicyclic amines) is 1. The minimum atomic E-state index is 0.295. The van der Waals surface area contributed by atoms with Crippen LogP contribution >= 0.6 is 0 Å². The molecule has 0 aromatic rings. The second-order valence-corrected chi connectivity index (χ2v) is 4.65. The molecule has 15 heavy (non-hydrogen) atoms. The smallest absolute Gasteiger partial charge is 0.129 e. The van der Waals surface area contributed by atoms with Crippen LogP contribution in [0.5, 0.6) is 0 Å². The number of ether oxygens (including phenoxy) is 1. The Balaban J connectivity index is 2.23. The summed E-state index contributed by atoms with van der Waals surface area (Å²) in [6.07, 6.45) is 3.28. The van der Waals surface area contributed by atoms with Gasteiger partial charge in [-0.3, -0.25) is 0 Å². The van der Waals surface area contributed by atoms with E-state index in [1.807, 2.05) is 0 Å². The van der Waals surface area contributed by atoms with Gasteiger partial charge >= 0.3 is 0 Å². The summed E-state index contributed by atoms with van der Waals surface area (Å²) >= 11 is 0. The maximum absolute atomic E-state index is 10.8. The van der Waals surface area contributed by atoms with E-state index in [1.165, 1.54) is 6.42 Å². The number of nitrogens with zero attached hydrogens (tertiary/aromatic N) is 1. The number of carbonyl (C=O) groups excluding carboxylic acids is 1. The Hall–Kier alpha value is -0.410. The fraction of sp³-hybridized carbons (Fsp3) is 0.917. The third-order valence-corrected chi connectivity index (χ3v) is 3.28. The van der Waals surface area contributed by atoms with E-state index in [1.54, 1.807) is 14.0 Å². The number of ketones is 1. The lowest BCUT2D eigenvalue weighted by atomic mass is 9.95. The van der Waals surface area contributed by atoms with Gasteiger partial charge in [-0.2, -0.15) is 0 Å². The van der Waals surface area contributed by atoms with Crippen molar-refractivity contribution < 1.29 is 9.53 Å². The highest BCUT2D eigenvalue weighted by atomic mass is 16.5. The Labute approximate surface area is 92.8 Å². The summed E-state index contributed by atoms with van der Waals surface area (Å²) in [5.41, 5.74) is 0. The predicted molar refractivity (Wildman–Crippen MR) is 60.9 cm³/mol. The molecule has 1 heterocycles. The molecule has 1 fully saturated rings. The number of methoxy groups -OCH3 is 1. The lowest BCUT2D eigenvalue weighted by Gasteiger charge is -2.36. The first-order valence-electron chi connectivity index (χ1n) is 5.88. The molecular formula is C12H23NO2. The molecule has 0 aromatic carbocycles. The molecule has 0 N–H and O–H groups in total. The van der Waals surface area contributed by atoms with Crippen LogP contribution in [0.25, 0.3) is 0 Å². The molecule has 0 aliphatic carbocycles. The highest BCUT2D eigenvalue weighted by Gasteiger charge is 2.25. The summed E-state index contributed by atoms with van der Waals surface area (Å²) in [4.78, 5) is 13.2. The topological polar surface area (TPSA) is 29.5 Å². The molecule has 0 aromatic heterocycles. The highest BCUT2D eigenvalue weighted by molar-refractivity contribution is 5.75. The normalized spacial score (nSPS) is 27.9. The highest BCUT2D eigenvalue weighted by Crippen LogP contribution is 2.19. The van der Waals surface area contributed by atoms with E-state index in [0.717, 1.165) is 26.1 Å². The third kappa shape index (κ3) is 4.31. The monoisotopic (exact) mass is 213 g/mol. The Morgan fingerprint density at radius 3 is 2.87 bits per heavy atom. The Morgan fingerprint density at radius 2 is 2.27 bits per heavy atom. The van der Waals surface area contributed by atoms with E-state index in [9.17, 15) is 4.79 Å². The minimum Gasteiger partial charge on any atom is -0.380 e. The lowest BCUT2D eigenvalue weighted by Crippen LogP contribution is -2.44. The molecule has 1 aliphatic heterocycles. The summed E-state index contributed by atoms with van der Waals surface area (Å²) < 4.78 is 5.45. The average Bonchev–Trinajstić information content (AvgIpc) is 2.20. The number of rotatable bonds is 5. The van der Waals surface area contributed by atoms with Gasteiger partial charge in [-0.1, -0.05) is 6.92 Å². The van der Waals surface area contributed by atoms with Gasteiger partial charge in [0.15, 0.2) is 0 Å². The van der Waals surface area contributed by atoms with Crippen LogP contribution in [0.3, 0.4) is 0 Å². The SMILES string of the molecule is COC1CN(CCCC(C)=O)CCC1C. The molecule has 3 nitrogen and oxygen atoms in total. The van der Waals surface area contributed by atoms with Gasteiger partial charge < -0.3 is 14.4 Å². The van der Waals surface area contributed by atoms with Gasteiger partial charge in [-0.15, -0.1) is 0 Å². The largest absolute Gasteiger partial charge is 0.380 e. The maximum Gasteiger partial charge on any atom is 0.129 e. The van der Waals surface area contributed by atoms with Crippen LogP contribution in [0, 0.1) is 5.92 Å². The number of Topliss-reactive ketones (excluding diaryl/α,β-unsaturated/α-hetero) is 1. The van der Waals surface area contributed by atoms with E-state index >= 15 is 0 Å². The first-order valence-corrected chi connectivity index (χ1v) is 5.88. The van der Waals surface area contributed by atoms with Crippen molar-refractivity contribution >= 4 is 5.78 Å². The zero-order valence-corrected chi connectivity index (χ0v) is 10.2. The minimum absolute atomic E-state index is 0.295. The number of hydrogen-bond donors (Lipinski definition) is 0. The zero-order chi connectivity index (χ0) is 11.3. The van der Waals surface area contributed by atoms with Crippen molar-refractivity contribution in [2.75, 3.05) is 26.7 Å². The van der Waals surface area contributed by atoms with Crippen LogP contribution in [-0.4, -0.2) is 43.5 Å². The Kier molecular flexibility index (Phi) is 5.26. The van der Waals surface area contributed by atoms with E-state index in [0.29, 0.717) is 24.2 Å². The molecule has 1 rings (SSSR count). The van der Waals surface area contributed by atoms with Crippen molar-refractivity contribution in [3.63, 3.8) is 0 Å². The van der Waals surface area contributed by atoms with Crippen molar-refractivity contribution in [1.29, 1.82) is 0 Å². The second-order valence-electron chi connectivity index (χ2n) is 4.65. The molecule has 0 amide bonds. The summed E-state index contributed by atoms with van der Waals surface area (Å²) in [5.74, 6) is 0.961. The maximum atomic E-state index is 10.8. The molecule has 0 bridgehead atoms. The molecule has 0 spiro atoms. The van der Waals surface area contributed by atoms with E-state index in [4.69, 9.17) is 4.74 Å². The molecule has 1 saturated heterocycles. The van der Waals surface area contributed by atoms with Gasteiger partial charge in [-0.25, -0.2) is 0 Å². The first-order chi connectivity index (χ1) is 7.13. The van der Waals surface area contributed by atoms with Crippen LogP contribution in [0.4, 0.5) is 0 Å². The molecule has 2 unspecified atom stereocenters. The molecule has 3 heteroatoms. The van der Waals surface area contributed by atoms with Crippen LogP contribution in [0.1, 0.15) is 33.1 Å². The summed E-state index contributed by atoms with van der Waals surface area (Å²) in [5, 5.41) is 0. The third-order valence-electron chi connectivity index (χ3n) is 3.28. The lowest BCUT2D eigenvalue weighted by molar-refractivity contribution is -0.117. The van der Waals surface area contributed by atoms with Crippen LogP contribution < -0.4 is 0 Å². The molecule has 1 aliphatic rings. The van der Waals surface area contributed by atoms with Crippen molar-refractivity contribution in [1.82, 2.24) is 4.90 Å². The number of carbonyl (C=O) groups is 1. The van der Waals surface area contributed by atoms with Crippen molar-refractivity contribution in [3.8, 4) is 0 Å². The van der Waals surface area contributed by atoms with Crippen LogP contribution in [0.15, 0.2) is 0 Å². The first kappa shape index (κ1) is 12.7. The zero-order valence-electron chi connectivity index (χ0n) is 10.2.